The predicted octanol–water partition coefficient (Wildman–Crippen LogP) is 6.10. The van der Waals surface area contributed by atoms with Crippen molar-refractivity contribution in [2.75, 3.05) is 6.61 Å². The topological polar surface area (TPSA) is 119 Å². The second-order valence-corrected chi connectivity index (χ2v) is 11.5. The number of benzene rings is 2. The SMILES string of the molecule is O=C(O)COc1ccccc1CNC1CCCC(NC(=O)c2ccc3c(c2)nc(-c2ccoc2)n3C2CCCCC2)C1. The molecule has 2 aliphatic rings. The maximum Gasteiger partial charge on any atom is 0.341 e. The number of nitrogens with zero attached hydrogens (tertiary/aromatic N) is 2. The summed E-state index contributed by atoms with van der Waals surface area (Å²) in [5.74, 6) is 0.399. The molecule has 0 saturated heterocycles. The summed E-state index contributed by atoms with van der Waals surface area (Å²) in [4.78, 5) is 29.3. The minimum absolute atomic E-state index is 0.0687. The first-order chi connectivity index (χ1) is 20.5. The summed E-state index contributed by atoms with van der Waals surface area (Å²) in [7, 11) is 0. The molecule has 2 unspecified atom stereocenters. The van der Waals surface area contributed by atoms with Crippen molar-refractivity contribution in [3.63, 3.8) is 0 Å². The number of hydrogen-bond acceptors (Lipinski definition) is 6. The van der Waals surface area contributed by atoms with Gasteiger partial charge in [-0.15, -0.1) is 0 Å². The van der Waals surface area contributed by atoms with E-state index in [1.165, 1.54) is 19.3 Å². The standard InChI is InChI=1S/C33H38N4O5/c38-31(39)21-42-30-12-5-4-7-23(30)19-34-25-8-6-9-26(18-25)35-33(40)22-13-14-29-28(17-22)36-32(24-15-16-41-20-24)37(29)27-10-2-1-3-11-27/h4-5,7,12-17,20,25-27,34H,1-3,6,8-11,18-19,21H2,(H,35,40)(H,38,39). The molecule has 1 amide bonds. The number of carbonyl (C=O) groups is 2. The van der Waals surface area contributed by atoms with E-state index in [1.807, 2.05) is 42.5 Å². The Morgan fingerprint density at radius 1 is 1.00 bits per heavy atom. The summed E-state index contributed by atoms with van der Waals surface area (Å²) in [5.41, 5.74) is 4.38. The molecule has 0 aliphatic heterocycles. The van der Waals surface area contributed by atoms with E-state index in [0.29, 0.717) is 23.9 Å². The van der Waals surface area contributed by atoms with Crippen molar-refractivity contribution >= 4 is 22.9 Å². The van der Waals surface area contributed by atoms with Gasteiger partial charge in [0.15, 0.2) is 6.61 Å². The molecule has 2 aliphatic carbocycles. The number of ether oxygens (including phenoxy) is 1. The number of carboxylic acid groups (broad SMARTS) is 1. The number of amides is 1. The first kappa shape index (κ1) is 28.0. The van der Waals surface area contributed by atoms with E-state index in [2.05, 4.69) is 15.2 Å². The van der Waals surface area contributed by atoms with Crippen LogP contribution in [0, 0.1) is 0 Å². The molecule has 2 saturated carbocycles. The first-order valence-electron chi connectivity index (χ1n) is 15.1. The molecule has 0 spiro atoms. The van der Waals surface area contributed by atoms with E-state index in [0.717, 1.165) is 66.5 Å². The molecule has 2 atom stereocenters. The highest BCUT2D eigenvalue weighted by Crippen LogP contribution is 2.36. The molecular formula is C33H38N4O5. The number of hydrogen-bond donors (Lipinski definition) is 3. The normalized spacial score (nSPS) is 19.5. The predicted molar refractivity (Wildman–Crippen MR) is 159 cm³/mol. The summed E-state index contributed by atoms with van der Waals surface area (Å²) in [6, 6.07) is 16.0. The molecule has 9 heteroatoms. The Bertz CT molecular complexity index is 1520. The van der Waals surface area contributed by atoms with Crippen LogP contribution < -0.4 is 15.4 Å². The van der Waals surface area contributed by atoms with Crippen molar-refractivity contribution in [1.82, 2.24) is 20.2 Å². The zero-order valence-electron chi connectivity index (χ0n) is 23.8. The molecule has 9 nitrogen and oxygen atoms in total. The molecular weight excluding hydrogens is 532 g/mol. The van der Waals surface area contributed by atoms with Crippen LogP contribution in [-0.2, 0) is 11.3 Å². The minimum atomic E-state index is -1.00. The van der Waals surface area contributed by atoms with E-state index in [1.54, 1.807) is 18.6 Å². The molecule has 42 heavy (non-hydrogen) atoms. The van der Waals surface area contributed by atoms with Gasteiger partial charge in [-0.25, -0.2) is 9.78 Å². The zero-order chi connectivity index (χ0) is 28.9. The number of aliphatic carboxylic acids is 1. The van der Waals surface area contributed by atoms with Crippen LogP contribution in [0.1, 0.15) is 79.8 Å². The van der Waals surface area contributed by atoms with Crippen molar-refractivity contribution < 1.29 is 23.8 Å². The second kappa shape index (κ2) is 12.8. The summed E-state index contributed by atoms with van der Waals surface area (Å²) in [5, 5.41) is 15.8. The van der Waals surface area contributed by atoms with E-state index in [4.69, 9.17) is 19.2 Å². The van der Waals surface area contributed by atoms with Crippen molar-refractivity contribution in [1.29, 1.82) is 0 Å². The lowest BCUT2D eigenvalue weighted by molar-refractivity contribution is -0.139. The number of carboxylic acids is 1. The molecule has 2 aromatic heterocycles. The maximum absolute atomic E-state index is 13.4. The Balaban J connectivity index is 1.12. The van der Waals surface area contributed by atoms with Gasteiger partial charge < -0.3 is 29.5 Å². The van der Waals surface area contributed by atoms with Crippen LogP contribution in [0.4, 0.5) is 0 Å². The number of fused-ring (bicyclic) bond motifs is 1. The van der Waals surface area contributed by atoms with Crippen molar-refractivity contribution in [2.45, 2.75) is 82.5 Å². The lowest BCUT2D eigenvalue weighted by Gasteiger charge is -2.30. The van der Waals surface area contributed by atoms with Crippen molar-refractivity contribution in [3.8, 4) is 17.1 Å². The van der Waals surface area contributed by atoms with Gasteiger partial charge in [-0.2, -0.15) is 0 Å². The molecule has 2 aromatic carbocycles. The number of para-hydroxylation sites is 1. The van der Waals surface area contributed by atoms with E-state index < -0.39 is 5.97 Å². The van der Waals surface area contributed by atoms with Gasteiger partial charge in [0.1, 0.15) is 17.8 Å². The highest BCUT2D eigenvalue weighted by molar-refractivity contribution is 5.98. The monoisotopic (exact) mass is 570 g/mol. The maximum atomic E-state index is 13.4. The fourth-order valence-electron chi connectivity index (χ4n) is 6.50. The van der Waals surface area contributed by atoms with Crippen LogP contribution in [0.2, 0.25) is 0 Å². The summed E-state index contributed by atoms with van der Waals surface area (Å²) >= 11 is 0. The third-order valence-electron chi connectivity index (χ3n) is 8.59. The lowest BCUT2D eigenvalue weighted by Crippen LogP contribution is -2.44. The third-order valence-corrected chi connectivity index (χ3v) is 8.59. The molecule has 2 fully saturated rings. The molecule has 4 aromatic rings. The Hall–Kier alpha value is -4.11. The molecule has 220 valence electrons. The summed E-state index contributed by atoms with van der Waals surface area (Å²) in [6.07, 6.45) is 13.2. The van der Waals surface area contributed by atoms with Gasteiger partial charge in [0, 0.05) is 35.8 Å². The molecule has 0 radical (unpaired) electrons. The number of aromatic nitrogens is 2. The summed E-state index contributed by atoms with van der Waals surface area (Å²) in [6.45, 7) is 0.201. The van der Waals surface area contributed by atoms with Gasteiger partial charge in [-0.1, -0.05) is 37.5 Å². The summed E-state index contributed by atoms with van der Waals surface area (Å²) < 4.78 is 13.2. The molecule has 2 heterocycles. The van der Waals surface area contributed by atoms with Crippen LogP contribution in [0.3, 0.4) is 0 Å². The number of nitrogens with one attached hydrogen (secondary N) is 2. The highest BCUT2D eigenvalue weighted by atomic mass is 16.5. The van der Waals surface area contributed by atoms with E-state index in [9.17, 15) is 9.59 Å². The zero-order valence-corrected chi connectivity index (χ0v) is 23.8. The second-order valence-electron chi connectivity index (χ2n) is 11.5. The van der Waals surface area contributed by atoms with Gasteiger partial charge in [0.05, 0.1) is 22.9 Å². The van der Waals surface area contributed by atoms with Crippen molar-refractivity contribution in [2.24, 2.45) is 0 Å². The molecule has 3 N–H and O–H groups in total. The van der Waals surface area contributed by atoms with Crippen LogP contribution in [0.15, 0.2) is 65.5 Å². The third kappa shape index (κ3) is 6.36. The number of carbonyl (C=O) groups excluding carboxylic acids is 1. The Morgan fingerprint density at radius 2 is 1.83 bits per heavy atom. The van der Waals surface area contributed by atoms with Crippen LogP contribution in [0.25, 0.3) is 22.4 Å². The Labute approximate surface area is 245 Å². The van der Waals surface area contributed by atoms with Crippen LogP contribution >= 0.6 is 0 Å². The van der Waals surface area contributed by atoms with E-state index >= 15 is 0 Å². The lowest BCUT2D eigenvalue weighted by atomic mass is 9.90. The molecule has 0 bridgehead atoms. The number of rotatable bonds is 10. The van der Waals surface area contributed by atoms with Gasteiger partial charge in [-0.05, 0) is 68.9 Å². The van der Waals surface area contributed by atoms with Gasteiger partial charge in [0.2, 0.25) is 0 Å². The first-order valence-corrected chi connectivity index (χ1v) is 15.1. The Morgan fingerprint density at radius 3 is 2.64 bits per heavy atom. The largest absolute Gasteiger partial charge is 0.482 e. The quantitative estimate of drug-likeness (QED) is 0.211. The Kier molecular flexibility index (Phi) is 8.55. The average molecular weight is 571 g/mol. The van der Waals surface area contributed by atoms with Gasteiger partial charge in [0.25, 0.3) is 5.91 Å². The number of imidazole rings is 1. The van der Waals surface area contributed by atoms with Crippen molar-refractivity contribution in [3.05, 3.63) is 72.2 Å². The fraction of sp³-hybridized carbons (Fsp3) is 0.424. The minimum Gasteiger partial charge on any atom is -0.482 e. The van der Waals surface area contributed by atoms with Gasteiger partial charge >= 0.3 is 5.97 Å². The molecule has 6 rings (SSSR count). The number of furan rings is 1. The van der Waals surface area contributed by atoms with Crippen LogP contribution in [0.5, 0.6) is 5.75 Å². The van der Waals surface area contributed by atoms with E-state index in [-0.39, 0.29) is 24.6 Å². The smallest absolute Gasteiger partial charge is 0.341 e. The highest BCUT2D eigenvalue weighted by Gasteiger charge is 2.26. The fourth-order valence-corrected chi connectivity index (χ4v) is 6.50. The van der Waals surface area contributed by atoms with Gasteiger partial charge in [-0.3, -0.25) is 4.79 Å². The average Bonchev–Trinajstić information content (AvgIpc) is 3.68. The van der Waals surface area contributed by atoms with Crippen LogP contribution in [-0.4, -0.2) is 45.2 Å².